The van der Waals surface area contributed by atoms with Gasteiger partial charge in [-0.2, -0.15) is 0 Å². The zero-order valence-corrected chi connectivity index (χ0v) is 13.2. The normalized spacial score (nSPS) is 15.9. The van der Waals surface area contributed by atoms with E-state index in [0.29, 0.717) is 11.5 Å². The van der Waals surface area contributed by atoms with Gasteiger partial charge < -0.3 is 4.90 Å². The summed E-state index contributed by atoms with van der Waals surface area (Å²) in [5.41, 5.74) is 3.69. The van der Waals surface area contributed by atoms with Crippen molar-refractivity contribution in [3.63, 3.8) is 0 Å². The number of carbonyl (C=O) groups excluding carboxylic acids is 1. The summed E-state index contributed by atoms with van der Waals surface area (Å²) >= 11 is 0. The van der Waals surface area contributed by atoms with Gasteiger partial charge in [-0.1, -0.05) is 6.92 Å². The molecule has 1 aromatic carbocycles. The average molecular weight is 306 g/mol. The molecule has 1 aliphatic heterocycles. The number of hydrogen-bond donors (Lipinski definition) is 1. The molecule has 1 fully saturated rings. The fourth-order valence-electron chi connectivity index (χ4n) is 2.61. The predicted octanol–water partition coefficient (Wildman–Crippen LogP) is 2.04. The smallest absolute Gasteiger partial charge is 0.270 e. The third-order valence-electron chi connectivity index (χ3n) is 3.89. The van der Waals surface area contributed by atoms with Crippen LogP contribution in [0.1, 0.15) is 30.1 Å². The summed E-state index contributed by atoms with van der Waals surface area (Å²) in [7, 11) is 3.41. The van der Waals surface area contributed by atoms with Gasteiger partial charge in [0.15, 0.2) is 0 Å². The zero-order valence-electron chi connectivity index (χ0n) is 13.2. The molecule has 1 amide bonds. The van der Waals surface area contributed by atoms with Crippen molar-refractivity contribution in [3.05, 3.63) is 33.9 Å². The summed E-state index contributed by atoms with van der Waals surface area (Å²) < 4.78 is 0. The lowest BCUT2D eigenvalue weighted by Crippen LogP contribution is -2.38. The number of piperidine rings is 1. The topological polar surface area (TPSA) is 78.7 Å². The molecule has 0 spiro atoms. The third kappa shape index (κ3) is 3.73. The van der Waals surface area contributed by atoms with Gasteiger partial charge in [0.1, 0.15) is 0 Å². The fourth-order valence-corrected chi connectivity index (χ4v) is 2.61. The molecule has 2 rings (SSSR count). The molecule has 7 nitrogen and oxygen atoms in total. The molecule has 0 radical (unpaired) electrons. The van der Waals surface area contributed by atoms with E-state index >= 15 is 0 Å². The number of rotatable bonds is 4. The first-order chi connectivity index (χ1) is 10.4. The van der Waals surface area contributed by atoms with Crippen molar-refractivity contribution in [1.29, 1.82) is 0 Å². The number of benzene rings is 1. The minimum absolute atomic E-state index is 0.0713. The summed E-state index contributed by atoms with van der Waals surface area (Å²) in [6, 6.07) is 4.49. The maximum absolute atomic E-state index is 12.4. The molecule has 1 aromatic rings. The van der Waals surface area contributed by atoms with Gasteiger partial charge in [0.25, 0.3) is 11.6 Å². The highest BCUT2D eigenvalue weighted by atomic mass is 16.6. The predicted molar refractivity (Wildman–Crippen MR) is 84.9 cm³/mol. The summed E-state index contributed by atoms with van der Waals surface area (Å²) in [6.45, 7) is 3.94. The quantitative estimate of drug-likeness (QED) is 0.680. The minimum Gasteiger partial charge on any atom is -0.371 e. The highest BCUT2D eigenvalue weighted by Gasteiger charge is 2.23. The maximum atomic E-state index is 12.4. The van der Waals surface area contributed by atoms with E-state index in [1.807, 2.05) is 0 Å². The highest BCUT2D eigenvalue weighted by Crippen LogP contribution is 2.29. The van der Waals surface area contributed by atoms with Crippen LogP contribution < -0.4 is 10.3 Å². The number of nitro groups is 1. The van der Waals surface area contributed by atoms with Crippen LogP contribution in [0.5, 0.6) is 0 Å². The Labute approximate surface area is 130 Å². The molecule has 0 atom stereocenters. The van der Waals surface area contributed by atoms with Crippen molar-refractivity contribution >= 4 is 17.3 Å². The average Bonchev–Trinajstić information content (AvgIpc) is 2.46. The lowest BCUT2D eigenvalue weighted by Gasteiger charge is -2.33. The zero-order chi connectivity index (χ0) is 16.3. The van der Waals surface area contributed by atoms with Gasteiger partial charge in [-0.15, -0.1) is 0 Å². The number of carbonyl (C=O) groups is 1. The van der Waals surface area contributed by atoms with Gasteiger partial charge in [0, 0.05) is 39.3 Å². The fraction of sp³-hybridized carbons (Fsp3) is 0.533. The van der Waals surface area contributed by atoms with E-state index in [0.717, 1.165) is 31.6 Å². The molecule has 1 saturated heterocycles. The van der Waals surface area contributed by atoms with Crippen molar-refractivity contribution in [3.8, 4) is 0 Å². The van der Waals surface area contributed by atoms with Gasteiger partial charge in [-0.05, 0) is 24.8 Å². The summed E-state index contributed by atoms with van der Waals surface area (Å²) in [5, 5.41) is 12.5. The van der Waals surface area contributed by atoms with E-state index in [1.165, 1.54) is 17.1 Å². The number of anilines is 1. The number of amides is 1. The highest BCUT2D eigenvalue weighted by molar-refractivity contribution is 6.00. The van der Waals surface area contributed by atoms with Crippen LogP contribution in [0.15, 0.2) is 18.2 Å². The monoisotopic (exact) mass is 306 g/mol. The Balaban J connectivity index is 2.35. The van der Waals surface area contributed by atoms with Crippen molar-refractivity contribution in [2.75, 3.05) is 32.1 Å². The van der Waals surface area contributed by atoms with Crippen LogP contribution in [0.2, 0.25) is 0 Å². The molecule has 0 aliphatic carbocycles. The van der Waals surface area contributed by atoms with E-state index < -0.39 is 4.92 Å². The number of nitro benzene ring substituents is 1. The Morgan fingerprint density at radius 1 is 1.36 bits per heavy atom. The second-order valence-electron chi connectivity index (χ2n) is 5.96. The third-order valence-corrected chi connectivity index (χ3v) is 3.89. The molecular weight excluding hydrogens is 284 g/mol. The Bertz CT molecular complexity index is 566. The van der Waals surface area contributed by atoms with Gasteiger partial charge in [0.2, 0.25) is 0 Å². The van der Waals surface area contributed by atoms with Crippen molar-refractivity contribution in [2.45, 2.75) is 19.8 Å². The SMILES string of the molecule is CC1CCN(c2ccc([N+](=O)[O-])cc2C(=O)NN(C)C)CC1. The van der Waals surface area contributed by atoms with Gasteiger partial charge in [-0.25, -0.2) is 5.01 Å². The van der Waals surface area contributed by atoms with Crippen LogP contribution in [-0.2, 0) is 0 Å². The molecule has 22 heavy (non-hydrogen) atoms. The first kappa shape index (κ1) is 16.2. The summed E-state index contributed by atoms with van der Waals surface area (Å²) in [4.78, 5) is 25.0. The molecule has 0 aromatic heterocycles. The minimum atomic E-state index is -0.478. The number of hydrazine groups is 1. The van der Waals surface area contributed by atoms with Crippen LogP contribution in [-0.4, -0.2) is 43.0 Å². The van der Waals surface area contributed by atoms with Crippen molar-refractivity contribution < 1.29 is 9.72 Å². The van der Waals surface area contributed by atoms with E-state index in [9.17, 15) is 14.9 Å². The molecule has 7 heteroatoms. The Kier molecular flexibility index (Phi) is 4.97. The molecule has 120 valence electrons. The number of non-ortho nitro benzene ring substituents is 1. The second-order valence-corrected chi connectivity index (χ2v) is 5.96. The number of hydrogen-bond acceptors (Lipinski definition) is 5. The van der Waals surface area contributed by atoms with Crippen LogP contribution in [0.3, 0.4) is 0 Å². The molecule has 0 bridgehead atoms. The van der Waals surface area contributed by atoms with Crippen LogP contribution in [0.4, 0.5) is 11.4 Å². The largest absolute Gasteiger partial charge is 0.371 e. The Morgan fingerprint density at radius 2 is 2.00 bits per heavy atom. The van der Waals surface area contributed by atoms with E-state index in [-0.39, 0.29) is 11.6 Å². The van der Waals surface area contributed by atoms with E-state index in [1.54, 1.807) is 20.2 Å². The Morgan fingerprint density at radius 3 is 2.55 bits per heavy atom. The van der Waals surface area contributed by atoms with E-state index in [4.69, 9.17) is 0 Å². The number of nitrogens with zero attached hydrogens (tertiary/aromatic N) is 3. The lowest BCUT2D eigenvalue weighted by molar-refractivity contribution is -0.384. The second kappa shape index (κ2) is 6.74. The molecule has 0 unspecified atom stereocenters. The van der Waals surface area contributed by atoms with Gasteiger partial charge >= 0.3 is 0 Å². The Hall–Kier alpha value is -2.15. The van der Waals surface area contributed by atoms with Crippen molar-refractivity contribution in [1.82, 2.24) is 10.4 Å². The van der Waals surface area contributed by atoms with Crippen LogP contribution in [0, 0.1) is 16.0 Å². The molecule has 1 heterocycles. The van der Waals surface area contributed by atoms with Gasteiger partial charge in [0.05, 0.1) is 16.2 Å². The lowest BCUT2D eigenvalue weighted by atomic mass is 9.98. The molecule has 0 saturated carbocycles. The van der Waals surface area contributed by atoms with E-state index in [2.05, 4.69) is 17.2 Å². The number of nitrogens with one attached hydrogen (secondary N) is 1. The summed E-state index contributed by atoms with van der Waals surface area (Å²) in [6.07, 6.45) is 2.12. The standard InChI is InChI=1S/C15H22N4O3/c1-11-6-8-18(9-7-11)14-5-4-12(19(21)22)10-13(14)15(20)16-17(2)3/h4-5,10-11H,6-9H2,1-3H3,(H,16,20). The van der Waals surface area contributed by atoms with Crippen LogP contribution >= 0.6 is 0 Å². The molecule has 1 aliphatic rings. The van der Waals surface area contributed by atoms with Crippen LogP contribution in [0.25, 0.3) is 0 Å². The molecular formula is C15H22N4O3. The van der Waals surface area contributed by atoms with Crippen molar-refractivity contribution in [2.24, 2.45) is 5.92 Å². The van der Waals surface area contributed by atoms with Gasteiger partial charge in [-0.3, -0.25) is 20.3 Å². The first-order valence-corrected chi connectivity index (χ1v) is 7.40. The molecule has 1 N–H and O–H groups in total. The summed E-state index contributed by atoms with van der Waals surface area (Å²) in [5.74, 6) is 0.343. The maximum Gasteiger partial charge on any atom is 0.270 e. The first-order valence-electron chi connectivity index (χ1n) is 7.40.